The number of hydrogen-bond acceptors (Lipinski definition) is 3. The zero-order chi connectivity index (χ0) is 13.3. The summed E-state index contributed by atoms with van der Waals surface area (Å²) in [7, 11) is 1.77. The van der Waals surface area contributed by atoms with Gasteiger partial charge in [-0.2, -0.15) is 0 Å². The van der Waals surface area contributed by atoms with Crippen LogP contribution in [-0.2, 0) is 9.53 Å². The Kier molecular flexibility index (Phi) is 3.97. The topological polar surface area (TPSA) is 41.6 Å². The lowest BCUT2D eigenvalue weighted by Crippen LogP contribution is -2.52. The van der Waals surface area contributed by atoms with Gasteiger partial charge in [0.1, 0.15) is 0 Å². The van der Waals surface area contributed by atoms with Crippen LogP contribution in [-0.4, -0.2) is 42.3 Å². The molecule has 0 aromatic carbocycles. The molecule has 4 heteroatoms. The first-order chi connectivity index (χ1) is 8.53. The van der Waals surface area contributed by atoms with Crippen molar-refractivity contribution >= 4 is 5.91 Å². The van der Waals surface area contributed by atoms with Crippen LogP contribution in [0.1, 0.15) is 46.5 Å². The lowest BCUT2D eigenvalue weighted by molar-refractivity contribution is -0.140. The van der Waals surface area contributed by atoms with Crippen LogP contribution >= 0.6 is 0 Å². The van der Waals surface area contributed by atoms with E-state index in [-0.39, 0.29) is 23.7 Å². The molecular formula is C14H26N2O2. The quantitative estimate of drug-likeness (QED) is 0.812. The second-order valence-corrected chi connectivity index (χ2v) is 6.02. The van der Waals surface area contributed by atoms with Crippen molar-refractivity contribution in [2.45, 2.75) is 64.3 Å². The molecule has 0 spiro atoms. The number of nitrogens with zero attached hydrogens (tertiary/aromatic N) is 1. The number of carbonyl (C=O) groups excluding carboxylic acids is 1. The molecule has 1 aliphatic heterocycles. The maximum absolute atomic E-state index is 12.5. The fourth-order valence-corrected chi connectivity index (χ4v) is 3.01. The van der Waals surface area contributed by atoms with E-state index in [1.54, 1.807) is 7.11 Å². The Hall–Kier alpha value is -0.610. The van der Waals surface area contributed by atoms with Crippen molar-refractivity contribution in [1.82, 2.24) is 10.2 Å². The van der Waals surface area contributed by atoms with Crippen LogP contribution in [0.15, 0.2) is 0 Å². The SMILES string of the molecule is CCC1NC(C(C)C)C(=O)N1CC1(OC)CCC1. The Bertz CT molecular complexity index is 307. The van der Waals surface area contributed by atoms with Gasteiger partial charge in [-0.15, -0.1) is 0 Å². The molecule has 1 aliphatic carbocycles. The average molecular weight is 254 g/mol. The van der Waals surface area contributed by atoms with E-state index < -0.39 is 0 Å². The first-order valence-electron chi connectivity index (χ1n) is 7.14. The molecule has 0 bridgehead atoms. The molecule has 1 saturated heterocycles. The number of amides is 1. The molecule has 2 rings (SSSR count). The van der Waals surface area contributed by atoms with Gasteiger partial charge in [0.25, 0.3) is 0 Å². The molecule has 2 fully saturated rings. The zero-order valence-corrected chi connectivity index (χ0v) is 12.0. The monoisotopic (exact) mass is 254 g/mol. The minimum absolute atomic E-state index is 0.0241. The van der Waals surface area contributed by atoms with Crippen LogP contribution in [0.25, 0.3) is 0 Å². The van der Waals surface area contributed by atoms with E-state index in [1.165, 1.54) is 6.42 Å². The molecule has 2 atom stereocenters. The second-order valence-electron chi connectivity index (χ2n) is 6.02. The van der Waals surface area contributed by atoms with Crippen LogP contribution in [0.4, 0.5) is 0 Å². The highest BCUT2D eigenvalue weighted by Gasteiger charge is 2.46. The van der Waals surface area contributed by atoms with E-state index in [9.17, 15) is 4.79 Å². The number of ether oxygens (including phenoxy) is 1. The van der Waals surface area contributed by atoms with E-state index in [0.29, 0.717) is 5.92 Å². The van der Waals surface area contributed by atoms with Gasteiger partial charge in [0.05, 0.1) is 24.4 Å². The molecule has 18 heavy (non-hydrogen) atoms. The Balaban J connectivity index is 2.08. The highest BCUT2D eigenvalue weighted by Crippen LogP contribution is 2.37. The standard InChI is InChI=1S/C14H26N2O2/c1-5-11-15-12(10(2)3)13(17)16(11)9-14(18-4)7-6-8-14/h10-12,15H,5-9H2,1-4H3. The van der Waals surface area contributed by atoms with E-state index in [1.807, 2.05) is 4.90 Å². The fourth-order valence-electron chi connectivity index (χ4n) is 3.01. The van der Waals surface area contributed by atoms with Crippen molar-refractivity contribution in [3.8, 4) is 0 Å². The molecule has 1 N–H and O–H groups in total. The normalized spacial score (nSPS) is 30.9. The summed E-state index contributed by atoms with van der Waals surface area (Å²) in [5, 5.41) is 3.46. The second kappa shape index (κ2) is 5.17. The molecular weight excluding hydrogens is 228 g/mol. The number of nitrogens with one attached hydrogen (secondary N) is 1. The number of methoxy groups -OCH3 is 1. The van der Waals surface area contributed by atoms with Crippen molar-refractivity contribution in [3.63, 3.8) is 0 Å². The minimum Gasteiger partial charge on any atom is -0.376 e. The molecule has 104 valence electrons. The lowest BCUT2D eigenvalue weighted by Gasteiger charge is -2.44. The minimum atomic E-state index is -0.0728. The molecule has 1 heterocycles. The molecule has 2 aliphatic rings. The van der Waals surface area contributed by atoms with Gasteiger partial charge in [-0.3, -0.25) is 10.1 Å². The number of hydrogen-bond donors (Lipinski definition) is 1. The van der Waals surface area contributed by atoms with E-state index >= 15 is 0 Å². The molecule has 1 saturated carbocycles. The third-order valence-electron chi connectivity index (χ3n) is 4.51. The molecule has 1 amide bonds. The highest BCUT2D eigenvalue weighted by atomic mass is 16.5. The zero-order valence-electron chi connectivity index (χ0n) is 12.0. The Morgan fingerprint density at radius 3 is 2.56 bits per heavy atom. The van der Waals surface area contributed by atoms with Crippen molar-refractivity contribution in [2.75, 3.05) is 13.7 Å². The van der Waals surface area contributed by atoms with E-state index in [2.05, 4.69) is 26.1 Å². The van der Waals surface area contributed by atoms with Crippen LogP contribution in [0.3, 0.4) is 0 Å². The van der Waals surface area contributed by atoms with Gasteiger partial charge in [-0.05, 0) is 31.6 Å². The Morgan fingerprint density at radius 1 is 1.50 bits per heavy atom. The highest BCUT2D eigenvalue weighted by molar-refractivity contribution is 5.84. The van der Waals surface area contributed by atoms with Gasteiger partial charge >= 0.3 is 0 Å². The van der Waals surface area contributed by atoms with Gasteiger partial charge in [0.2, 0.25) is 5.91 Å². The van der Waals surface area contributed by atoms with Crippen LogP contribution < -0.4 is 5.32 Å². The summed E-state index contributed by atoms with van der Waals surface area (Å²) in [5.41, 5.74) is -0.0728. The summed E-state index contributed by atoms with van der Waals surface area (Å²) in [6, 6.07) is -0.0241. The first-order valence-corrected chi connectivity index (χ1v) is 7.14. The van der Waals surface area contributed by atoms with E-state index in [4.69, 9.17) is 4.74 Å². The third kappa shape index (κ3) is 2.28. The molecule has 4 nitrogen and oxygen atoms in total. The van der Waals surface area contributed by atoms with Gasteiger partial charge in [0, 0.05) is 7.11 Å². The van der Waals surface area contributed by atoms with Crippen molar-refractivity contribution < 1.29 is 9.53 Å². The van der Waals surface area contributed by atoms with Gasteiger partial charge in [0.15, 0.2) is 0 Å². The summed E-state index contributed by atoms with van der Waals surface area (Å²) >= 11 is 0. The molecule has 0 aromatic heterocycles. The van der Waals surface area contributed by atoms with Gasteiger partial charge in [-0.25, -0.2) is 0 Å². The maximum atomic E-state index is 12.5. The molecule has 2 unspecified atom stereocenters. The predicted molar refractivity (Wildman–Crippen MR) is 71.1 cm³/mol. The fraction of sp³-hybridized carbons (Fsp3) is 0.929. The third-order valence-corrected chi connectivity index (χ3v) is 4.51. The summed E-state index contributed by atoms with van der Waals surface area (Å²) in [6.07, 6.45) is 4.51. The maximum Gasteiger partial charge on any atom is 0.241 e. The van der Waals surface area contributed by atoms with Crippen molar-refractivity contribution in [1.29, 1.82) is 0 Å². The summed E-state index contributed by atoms with van der Waals surface area (Å²) < 4.78 is 5.65. The Morgan fingerprint density at radius 2 is 2.17 bits per heavy atom. The predicted octanol–water partition coefficient (Wildman–Crippen LogP) is 1.75. The average Bonchev–Trinajstić information content (AvgIpc) is 2.61. The first kappa shape index (κ1) is 13.8. The van der Waals surface area contributed by atoms with Crippen LogP contribution in [0.2, 0.25) is 0 Å². The largest absolute Gasteiger partial charge is 0.376 e. The summed E-state index contributed by atoms with van der Waals surface area (Å²) in [6.45, 7) is 7.07. The van der Waals surface area contributed by atoms with E-state index in [0.717, 1.165) is 25.8 Å². The summed E-state index contributed by atoms with van der Waals surface area (Å²) in [5.74, 6) is 0.594. The smallest absolute Gasteiger partial charge is 0.241 e. The Labute approximate surface area is 110 Å². The number of rotatable bonds is 5. The van der Waals surface area contributed by atoms with Crippen LogP contribution in [0.5, 0.6) is 0 Å². The summed E-state index contributed by atoms with van der Waals surface area (Å²) in [4.78, 5) is 14.5. The van der Waals surface area contributed by atoms with Crippen molar-refractivity contribution in [3.05, 3.63) is 0 Å². The van der Waals surface area contributed by atoms with Crippen LogP contribution in [0, 0.1) is 5.92 Å². The van der Waals surface area contributed by atoms with Crippen molar-refractivity contribution in [2.24, 2.45) is 5.92 Å². The van der Waals surface area contributed by atoms with Gasteiger partial charge < -0.3 is 9.64 Å². The lowest BCUT2D eigenvalue weighted by atomic mass is 9.79. The molecule has 0 aromatic rings. The number of carbonyl (C=O) groups is 1. The molecule has 0 radical (unpaired) electrons. The van der Waals surface area contributed by atoms with Gasteiger partial charge in [-0.1, -0.05) is 20.8 Å².